The van der Waals surface area contributed by atoms with Crippen LogP contribution in [0.2, 0.25) is 0 Å². The van der Waals surface area contributed by atoms with E-state index in [-0.39, 0.29) is 17.1 Å². The number of methoxy groups -OCH3 is 2. The molecule has 0 unspecified atom stereocenters. The van der Waals surface area contributed by atoms with E-state index in [1.807, 2.05) is 0 Å². The van der Waals surface area contributed by atoms with Crippen LogP contribution in [0.4, 0.5) is 17.1 Å². The van der Waals surface area contributed by atoms with Crippen LogP contribution in [-0.2, 0) is 16.4 Å². The summed E-state index contributed by atoms with van der Waals surface area (Å²) in [6.07, 6.45) is 2.45. The van der Waals surface area contributed by atoms with Gasteiger partial charge in [0.25, 0.3) is 11.6 Å². The SMILES string of the molecule is COc1cc(C(=O)Nc2ccc3c(c2)CCCN3S(C)(=O)=O)c([N+](=O)[O-])cc1OC. The Morgan fingerprint density at radius 2 is 1.83 bits per heavy atom. The zero-order chi connectivity index (χ0) is 22.1. The molecule has 11 heteroatoms. The molecule has 2 aromatic rings. The van der Waals surface area contributed by atoms with Gasteiger partial charge in [-0.15, -0.1) is 0 Å². The molecule has 10 nitrogen and oxygen atoms in total. The minimum Gasteiger partial charge on any atom is -0.493 e. The fourth-order valence-corrected chi connectivity index (χ4v) is 4.38. The first-order valence-electron chi connectivity index (χ1n) is 8.98. The Labute approximate surface area is 173 Å². The third kappa shape index (κ3) is 4.15. The lowest BCUT2D eigenvalue weighted by Gasteiger charge is -2.29. The summed E-state index contributed by atoms with van der Waals surface area (Å²) in [4.78, 5) is 23.5. The topological polar surface area (TPSA) is 128 Å². The number of carbonyl (C=O) groups excluding carboxylic acids is 1. The highest BCUT2D eigenvalue weighted by Gasteiger charge is 2.26. The fourth-order valence-electron chi connectivity index (χ4n) is 3.38. The molecule has 0 saturated carbocycles. The summed E-state index contributed by atoms with van der Waals surface area (Å²) in [5.74, 6) is -0.378. The predicted molar refractivity (Wildman–Crippen MR) is 111 cm³/mol. The number of amides is 1. The van der Waals surface area contributed by atoms with Crippen molar-refractivity contribution in [1.82, 2.24) is 0 Å². The molecule has 0 saturated heterocycles. The molecule has 1 amide bonds. The molecule has 3 rings (SSSR count). The Kier molecular flexibility index (Phi) is 5.83. The van der Waals surface area contributed by atoms with E-state index in [1.165, 1.54) is 24.6 Å². The minimum atomic E-state index is -3.40. The maximum absolute atomic E-state index is 12.8. The van der Waals surface area contributed by atoms with E-state index in [0.29, 0.717) is 30.8 Å². The highest BCUT2D eigenvalue weighted by atomic mass is 32.2. The van der Waals surface area contributed by atoms with Gasteiger partial charge in [0.1, 0.15) is 5.56 Å². The van der Waals surface area contributed by atoms with Crippen molar-refractivity contribution in [2.75, 3.05) is 36.6 Å². The molecule has 0 aliphatic carbocycles. The lowest BCUT2D eigenvalue weighted by molar-refractivity contribution is -0.385. The molecule has 0 radical (unpaired) electrons. The molecule has 2 aromatic carbocycles. The first kappa shape index (κ1) is 21.4. The lowest BCUT2D eigenvalue weighted by Crippen LogP contribution is -2.34. The van der Waals surface area contributed by atoms with Crippen LogP contribution in [-0.4, -0.2) is 46.3 Å². The van der Waals surface area contributed by atoms with Gasteiger partial charge in [-0.2, -0.15) is 0 Å². The highest BCUT2D eigenvalue weighted by molar-refractivity contribution is 7.92. The second kappa shape index (κ2) is 8.19. The van der Waals surface area contributed by atoms with Crippen LogP contribution in [0.5, 0.6) is 11.5 Å². The molecule has 1 heterocycles. The molecule has 160 valence electrons. The van der Waals surface area contributed by atoms with E-state index in [1.54, 1.807) is 18.2 Å². The number of nitrogens with zero attached hydrogens (tertiary/aromatic N) is 2. The molecule has 0 fully saturated rings. The number of anilines is 2. The molecule has 30 heavy (non-hydrogen) atoms. The van der Waals surface area contributed by atoms with Gasteiger partial charge in [-0.05, 0) is 36.6 Å². The van der Waals surface area contributed by atoms with E-state index in [4.69, 9.17) is 9.47 Å². The average Bonchev–Trinajstić information content (AvgIpc) is 2.71. The van der Waals surface area contributed by atoms with E-state index < -0.39 is 26.5 Å². The Balaban J connectivity index is 1.94. The van der Waals surface area contributed by atoms with Crippen LogP contribution in [0.15, 0.2) is 30.3 Å². The third-order valence-corrected chi connectivity index (χ3v) is 5.94. The molecule has 1 aliphatic heterocycles. The van der Waals surface area contributed by atoms with Gasteiger partial charge in [-0.25, -0.2) is 8.42 Å². The molecule has 1 aliphatic rings. The van der Waals surface area contributed by atoms with Gasteiger partial charge in [0.2, 0.25) is 10.0 Å². The number of rotatable bonds is 6. The van der Waals surface area contributed by atoms with Crippen molar-refractivity contribution in [2.24, 2.45) is 0 Å². The van der Waals surface area contributed by atoms with Crippen LogP contribution >= 0.6 is 0 Å². The van der Waals surface area contributed by atoms with Gasteiger partial charge in [-0.1, -0.05) is 0 Å². The smallest absolute Gasteiger partial charge is 0.286 e. The summed E-state index contributed by atoms with van der Waals surface area (Å²) in [6, 6.07) is 7.23. The zero-order valence-electron chi connectivity index (χ0n) is 16.7. The zero-order valence-corrected chi connectivity index (χ0v) is 17.5. The number of sulfonamides is 1. The van der Waals surface area contributed by atoms with Gasteiger partial charge in [0, 0.05) is 18.3 Å². The molecular weight excluding hydrogens is 414 g/mol. The summed E-state index contributed by atoms with van der Waals surface area (Å²) < 4.78 is 35.5. The van der Waals surface area contributed by atoms with Crippen molar-refractivity contribution < 1.29 is 27.6 Å². The Morgan fingerprint density at radius 3 is 2.43 bits per heavy atom. The molecule has 0 bridgehead atoms. The third-order valence-electron chi connectivity index (χ3n) is 4.76. The van der Waals surface area contributed by atoms with Crippen molar-refractivity contribution in [3.8, 4) is 11.5 Å². The molecule has 0 spiro atoms. The summed E-state index contributed by atoms with van der Waals surface area (Å²) >= 11 is 0. The number of fused-ring (bicyclic) bond motifs is 1. The first-order valence-corrected chi connectivity index (χ1v) is 10.8. The van der Waals surface area contributed by atoms with Gasteiger partial charge in [0.05, 0.1) is 37.2 Å². The van der Waals surface area contributed by atoms with Crippen molar-refractivity contribution in [1.29, 1.82) is 0 Å². The normalized spacial score (nSPS) is 13.4. The fraction of sp³-hybridized carbons (Fsp3) is 0.316. The number of nitrogens with one attached hydrogen (secondary N) is 1. The monoisotopic (exact) mass is 435 g/mol. The molecular formula is C19H21N3O7S. The van der Waals surface area contributed by atoms with Crippen LogP contribution in [0.25, 0.3) is 0 Å². The second-order valence-corrected chi connectivity index (χ2v) is 8.62. The van der Waals surface area contributed by atoms with Crippen molar-refractivity contribution in [3.05, 3.63) is 51.6 Å². The summed E-state index contributed by atoms with van der Waals surface area (Å²) in [6.45, 7) is 0.398. The maximum atomic E-state index is 12.8. The number of benzene rings is 2. The van der Waals surface area contributed by atoms with Crippen LogP contribution in [0.3, 0.4) is 0 Å². The predicted octanol–water partition coefficient (Wildman–Crippen LogP) is 2.58. The van der Waals surface area contributed by atoms with E-state index >= 15 is 0 Å². The van der Waals surface area contributed by atoms with Gasteiger partial charge in [0.15, 0.2) is 11.5 Å². The van der Waals surface area contributed by atoms with Crippen LogP contribution in [0, 0.1) is 10.1 Å². The number of nitro groups is 1. The molecule has 0 aromatic heterocycles. The van der Waals surface area contributed by atoms with Gasteiger partial charge < -0.3 is 14.8 Å². The Morgan fingerprint density at radius 1 is 1.17 bits per heavy atom. The quantitative estimate of drug-likeness (QED) is 0.545. The number of aryl methyl sites for hydroxylation is 1. The van der Waals surface area contributed by atoms with E-state index in [2.05, 4.69) is 5.32 Å². The van der Waals surface area contributed by atoms with Gasteiger partial charge >= 0.3 is 0 Å². The Hall–Kier alpha value is -3.34. The van der Waals surface area contributed by atoms with Crippen LogP contribution < -0.4 is 19.1 Å². The Bertz CT molecular complexity index is 1120. The van der Waals surface area contributed by atoms with E-state index in [9.17, 15) is 23.3 Å². The van der Waals surface area contributed by atoms with Gasteiger partial charge in [-0.3, -0.25) is 19.2 Å². The molecule has 1 N–H and O–H groups in total. The number of nitro benzene ring substituents is 1. The summed E-state index contributed by atoms with van der Waals surface area (Å²) in [7, 11) is -0.697. The lowest BCUT2D eigenvalue weighted by atomic mass is 10.0. The standard InChI is InChI=1S/C19H21N3O7S/c1-28-17-10-14(16(22(24)25)11-18(17)29-2)19(23)20-13-6-7-15-12(9-13)5-4-8-21(15)30(3,26)27/h6-7,9-11H,4-5,8H2,1-3H3,(H,20,23). The number of hydrogen-bond acceptors (Lipinski definition) is 7. The number of ether oxygens (including phenoxy) is 2. The number of hydrogen-bond donors (Lipinski definition) is 1. The minimum absolute atomic E-state index is 0.135. The maximum Gasteiger partial charge on any atom is 0.286 e. The van der Waals surface area contributed by atoms with Crippen LogP contribution in [0.1, 0.15) is 22.3 Å². The second-order valence-electron chi connectivity index (χ2n) is 6.72. The van der Waals surface area contributed by atoms with Crippen molar-refractivity contribution >= 4 is 33.0 Å². The largest absolute Gasteiger partial charge is 0.493 e. The molecule has 0 atom stereocenters. The van der Waals surface area contributed by atoms with E-state index in [0.717, 1.165) is 17.9 Å². The average molecular weight is 435 g/mol. The van der Waals surface area contributed by atoms with Crippen molar-refractivity contribution in [2.45, 2.75) is 12.8 Å². The van der Waals surface area contributed by atoms with Crippen molar-refractivity contribution in [3.63, 3.8) is 0 Å². The first-order chi connectivity index (χ1) is 14.2. The highest BCUT2D eigenvalue weighted by Crippen LogP contribution is 2.35. The number of carbonyl (C=O) groups is 1. The summed E-state index contributed by atoms with van der Waals surface area (Å²) in [5, 5.41) is 14.1. The summed E-state index contributed by atoms with van der Waals surface area (Å²) in [5.41, 5.74) is 1.13.